The molecule has 2 aromatic rings. The number of aromatic nitrogens is 2. The van der Waals surface area contributed by atoms with Crippen LogP contribution in [0.2, 0.25) is 5.28 Å². The van der Waals surface area contributed by atoms with Crippen molar-refractivity contribution in [3.8, 4) is 0 Å². The van der Waals surface area contributed by atoms with Gasteiger partial charge in [0, 0.05) is 10.6 Å². The molecular formula is C10H8ClIN2O. The molecule has 78 valence electrons. The van der Waals surface area contributed by atoms with Gasteiger partial charge in [-0.05, 0) is 58.8 Å². The van der Waals surface area contributed by atoms with Crippen LogP contribution in [-0.4, -0.2) is 9.55 Å². The molecule has 0 atom stereocenters. The predicted octanol–water partition coefficient (Wildman–Crippen LogP) is 2.50. The molecule has 1 aromatic carbocycles. The largest absolute Gasteiger partial charge is 0.286 e. The summed E-state index contributed by atoms with van der Waals surface area (Å²) in [5, 5.41) is 0.834. The van der Waals surface area contributed by atoms with Crippen LogP contribution in [0, 0.1) is 10.5 Å². The van der Waals surface area contributed by atoms with Crippen molar-refractivity contribution in [2.75, 3.05) is 0 Å². The Hall–Kier alpha value is -0.620. The van der Waals surface area contributed by atoms with Gasteiger partial charge in [-0.2, -0.15) is 0 Å². The van der Waals surface area contributed by atoms with Crippen LogP contribution in [0.1, 0.15) is 5.56 Å². The average molecular weight is 335 g/mol. The van der Waals surface area contributed by atoms with Gasteiger partial charge in [-0.1, -0.05) is 0 Å². The molecule has 15 heavy (non-hydrogen) atoms. The zero-order chi connectivity index (χ0) is 11.2. The molecular weight excluding hydrogens is 326 g/mol. The molecule has 0 N–H and O–H groups in total. The minimum Gasteiger partial charge on any atom is -0.286 e. The van der Waals surface area contributed by atoms with Gasteiger partial charge in [-0.25, -0.2) is 4.98 Å². The molecule has 3 nitrogen and oxygen atoms in total. The summed E-state index contributed by atoms with van der Waals surface area (Å²) in [7, 11) is 1.62. The fraction of sp³-hybridized carbons (Fsp3) is 0.200. The van der Waals surface area contributed by atoms with Crippen LogP contribution in [0.25, 0.3) is 10.9 Å². The van der Waals surface area contributed by atoms with E-state index < -0.39 is 0 Å². The summed E-state index contributed by atoms with van der Waals surface area (Å²) in [4.78, 5) is 16.1. The Kier molecular flexibility index (Phi) is 2.72. The highest BCUT2D eigenvalue weighted by Gasteiger charge is 2.09. The minimum atomic E-state index is -0.105. The van der Waals surface area contributed by atoms with Gasteiger partial charge >= 0.3 is 0 Å². The Morgan fingerprint density at radius 1 is 1.47 bits per heavy atom. The molecule has 0 aliphatic heterocycles. The first kappa shape index (κ1) is 10.9. The zero-order valence-electron chi connectivity index (χ0n) is 8.21. The van der Waals surface area contributed by atoms with Crippen LogP contribution >= 0.6 is 34.2 Å². The molecule has 1 aromatic heterocycles. The number of fused-ring (bicyclic) bond motifs is 1. The van der Waals surface area contributed by atoms with Crippen LogP contribution in [0.5, 0.6) is 0 Å². The second-order valence-electron chi connectivity index (χ2n) is 3.39. The van der Waals surface area contributed by atoms with E-state index in [1.165, 1.54) is 4.57 Å². The molecule has 1 heterocycles. The van der Waals surface area contributed by atoms with Crippen molar-refractivity contribution in [2.45, 2.75) is 6.92 Å². The Balaban J connectivity index is 3.06. The van der Waals surface area contributed by atoms with E-state index in [0.29, 0.717) is 10.9 Å². The first-order valence-corrected chi connectivity index (χ1v) is 5.79. The number of halogens is 2. The van der Waals surface area contributed by atoms with Crippen molar-refractivity contribution in [3.63, 3.8) is 0 Å². The number of benzene rings is 1. The predicted molar refractivity (Wildman–Crippen MR) is 69.4 cm³/mol. The Morgan fingerprint density at radius 3 is 2.80 bits per heavy atom. The summed E-state index contributed by atoms with van der Waals surface area (Å²) in [5.74, 6) is 0. The van der Waals surface area contributed by atoms with Crippen molar-refractivity contribution in [1.29, 1.82) is 0 Å². The molecule has 5 heteroatoms. The van der Waals surface area contributed by atoms with Crippen molar-refractivity contribution in [3.05, 3.63) is 36.9 Å². The first-order chi connectivity index (χ1) is 7.00. The molecule has 0 unspecified atom stereocenters. The molecule has 2 rings (SSSR count). The maximum Gasteiger partial charge on any atom is 0.262 e. The third kappa shape index (κ3) is 1.76. The van der Waals surface area contributed by atoms with Gasteiger partial charge in [0.2, 0.25) is 5.28 Å². The third-order valence-electron chi connectivity index (χ3n) is 2.22. The van der Waals surface area contributed by atoms with E-state index in [2.05, 4.69) is 27.6 Å². The van der Waals surface area contributed by atoms with Crippen molar-refractivity contribution < 1.29 is 0 Å². The van der Waals surface area contributed by atoms with Gasteiger partial charge < -0.3 is 0 Å². The van der Waals surface area contributed by atoms with Crippen molar-refractivity contribution in [2.24, 2.45) is 7.05 Å². The standard InChI is InChI=1S/C10H8ClIN2O/c1-5-3-6-8(7(12)4-5)13-10(11)14(2)9(6)15/h3-4H,1-2H3. The van der Waals surface area contributed by atoms with Crippen molar-refractivity contribution >= 4 is 45.1 Å². The normalized spacial score (nSPS) is 10.9. The topological polar surface area (TPSA) is 34.9 Å². The summed E-state index contributed by atoms with van der Waals surface area (Å²) < 4.78 is 2.29. The van der Waals surface area contributed by atoms with Crippen LogP contribution < -0.4 is 5.56 Å². The van der Waals surface area contributed by atoms with Gasteiger partial charge in [0.05, 0.1) is 10.9 Å². The molecule has 0 amide bonds. The highest BCUT2D eigenvalue weighted by molar-refractivity contribution is 14.1. The number of hydrogen-bond donors (Lipinski definition) is 0. The highest BCUT2D eigenvalue weighted by atomic mass is 127. The molecule has 0 radical (unpaired) electrons. The maximum absolute atomic E-state index is 11.9. The molecule has 0 saturated carbocycles. The Bertz CT molecular complexity index is 606. The smallest absolute Gasteiger partial charge is 0.262 e. The van der Waals surface area contributed by atoms with Gasteiger partial charge in [0.1, 0.15) is 0 Å². The number of nitrogens with zero attached hydrogens (tertiary/aromatic N) is 2. The lowest BCUT2D eigenvalue weighted by atomic mass is 10.2. The summed E-state index contributed by atoms with van der Waals surface area (Å²) >= 11 is 8.01. The third-order valence-corrected chi connectivity index (χ3v) is 3.38. The van der Waals surface area contributed by atoms with Crippen LogP contribution in [0.15, 0.2) is 16.9 Å². The number of rotatable bonds is 0. The summed E-state index contributed by atoms with van der Waals surface area (Å²) in [6.45, 7) is 1.95. The Morgan fingerprint density at radius 2 is 2.13 bits per heavy atom. The average Bonchev–Trinajstić information content (AvgIpc) is 2.17. The van der Waals surface area contributed by atoms with E-state index >= 15 is 0 Å². The first-order valence-electron chi connectivity index (χ1n) is 4.33. The summed E-state index contributed by atoms with van der Waals surface area (Å²) in [6.07, 6.45) is 0. The summed E-state index contributed by atoms with van der Waals surface area (Å²) in [6, 6.07) is 3.81. The number of hydrogen-bond acceptors (Lipinski definition) is 2. The highest BCUT2D eigenvalue weighted by Crippen LogP contribution is 2.19. The van der Waals surface area contributed by atoms with Gasteiger partial charge in [-0.3, -0.25) is 9.36 Å². The van der Waals surface area contributed by atoms with Crippen LogP contribution in [0.4, 0.5) is 0 Å². The van der Waals surface area contributed by atoms with Crippen molar-refractivity contribution in [1.82, 2.24) is 9.55 Å². The lowest BCUT2D eigenvalue weighted by Gasteiger charge is -2.05. The lowest BCUT2D eigenvalue weighted by molar-refractivity contribution is 0.843. The van der Waals surface area contributed by atoms with E-state index in [-0.39, 0.29) is 10.8 Å². The van der Waals surface area contributed by atoms with Gasteiger partial charge in [-0.15, -0.1) is 0 Å². The van der Waals surface area contributed by atoms with Crippen LogP contribution in [0.3, 0.4) is 0 Å². The quantitative estimate of drug-likeness (QED) is 0.548. The monoisotopic (exact) mass is 334 g/mol. The minimum absolute atomic E-state index is 0.105. The number of aryl methyl sites for hydroxylation is 1. The van der Waals surface area contributed by atoms with E-state index in [4.69, 9.17) is 11.6 Å². The molecule has 0 aliphatic carbocycles. The second kappa shape index (κ2) is 3.75. The fourth-order valence-corrected chi connectivity index (χ4v) is 2.51. The molecule has 0 bridgehead atoms. The molecule has 0 saturated heterocycles. The second-order valence-corrected chi connectivity index (χ2v) is 4.89. The molecule has 0 aliphatic rings. The van der Waals surface area contributed by atoms with E-state index in [1.54, 1.807) is 7.05 Å². The van der Waals surface area contributed by atoms with Gasteiger partial charge in [0.15, 0.2) is 0 Å². The SMILES string of the molecule is Cc1cc(I)c2nc(Cl)n(C)c(=O)c2c1. The zero-order valence-corrected chi connectivity index (χ0v) is 11.1. The van der Waals surface area contributed by atoms with E-state index in [0.717, 1.165) is 9.13 Å². The maximum atomic E-state index is 11.9. The molecule has 0 fully saturated rings. The van der Waals surface area contributed by atoms with Crippen LogP contribution in [-0.2, 0) is 7.05 Å². The van der Waals surface area contributed by atoms with E-state index in [9.17, 15) is 4.79 Å². The molecule has 0 spiro atoms. The lowest BCUT2D eigenvalue weighted by Crippen LogP contribution is -2.19. The van der Waals surface area contributed by atoms with Gasteiger partial charge in [0.25, 0.3) is 5.56 Å². The Labute approximate surface area is 105 Å². The fourth-order valence-electron chi connectivity index (χ4n) is 1.44. The van der Waals surface area contributed by atoms with E-state index in [1.807, 2.05) is 19.1 Å². The summed E-state index contributed by atoms with van der Waals surface area (Å²) in [5.41, 5.74) is 1.62.